The first kappa shape index (κ1) is 19.7. The van der Waals surface area contributed by atoms with Crippen molar-refractivity contribution < 1.29 is 14.3 Å². The lowest BCUT2D eigenvalue weighted by Crippen LogP contribution is -2.49. The molecule has 6 nitrogen and oxygen atoms in total. The number of hydrogen-bond donors (Lipinski definition) is 1. The largest absolute Gasteiger partial charge is 0.497 e. The van der Waals surface area contributed by atoms with Gasteiger partial charge in [-0.3, -0.25) is 9.59 Å². The van der Waals surface area contributed by atoms with Gasteiger partial charge in [0, 0.05) is 49.0 Å². The van der Waals surface area contributed by atoms with Crippen LogP contribution in [0.25, 0.3) is 0 Å². The molecule has 0 aromatic heterocycles. The van der Waals surface area contributed by atoms with Crippen molar-refractivity contribution in [1.29, 1.82) is 0 Å². The Bertz CT molecular complexity index is 825. The second-order valence-electron chi connectivity index (χ2n) is 7.20. The van der Waals surface area contributed by atoms with Crippen LogP contribution in [0.5, 0.6) is 5.75 Å². The summed E-state index contributed by atoms with van der Waals surface area (Å²) in [6.07, 6.45) is 0. The molecule has 1 saturated heterocycles. The molecule has 2 aromatic carbocycles. The maximum atomic E-state index is 12.4. The molecule has 2 aromatic rings. The Morgan fingerprint density at radius 2 is 1.68 bits per heavy atom. The molecule has 0 aliphatic carbocycles. The van der Waals surface area contributed by atoms with Crippen molar-refractivity contribution in [3.05, 3.63) is 54.1 Å². The molecule has 1 aliphatic heterocycles. The smallest absolute Gasteiger partial charge is 0.255 e. The number of nitrogens with one attached hydrogen (secondary N) is 1. The first-order valence-electron chi connectivity index (χ1n) is 9.57. The van der Waals surface area contributed by atoms with Crippen LogP contribution in [-0.4, -0.2) is 50.0 Å². The summed E-state index contributed by atoms with van der Waals surface area (Å²) in [5.74, 6) is 0.736. The third-order valence-electron chi connectivity index (χ3n) is 4.91. The summed E-state index contributed by atoms with van der Waals surface area (Å²) < 4.78 is 5.16. The number of carbonyl (C=O) groups excluding carboxylic acids is 2. The molecule has 6 heteroatoms. The van der Waals surface area contributed by atoms with E-state index < -0.39 is 0 Å². The van der Waals surface area contributed by atoms with Gasteiger partial charge >= 0.3 is 0 Å². The van der Waals surface area contributed by atoms with Crippen LogP contribution in [0.1, 0.15) is 24.2 Å². The van der Waals surface area contributed by atoms with E-state index in [1.807, 2.05) is 43.0 Å². The number of ether oxygens (including phenoxy) is 1. The number of anilines is 2. The van der Waals surface area contributed by atoms with E-state index in [1.165, 1.54) is 0 Å². The Morgan fingerprint density at radius 3 is 2.29 bits per heavy atom. The summed E-state index contributed by atoms with van der Waals surface area (Å²) in [6.45, 7) is 6.99. The normalized spacial score (nSPS) is 14.1. The minimum absolute atomic E-state index is 0.0408. The van der Waals surface area contributed by atoms with Gasteiger partial charge in [0.2, 0.25) is 5.91 Å². The van der Waals surface area contributed by atoms with Crippen LogP contribution in [0, 0.1) is 5.92 Å². The highest BCUT2D eigenvalue weighted by Crippen LogP contribution is 2.21. The molecule has 3 rings (SSSR count). The summed E-state index contributed by atoms with van der Waals surface area (Å²) in [6, 6.07) is 14.9. The number of methoxy groups -OCH3 is 1. The minimum atomic E-state index is -0.174. The molecule has 0 unspecified atom stereocenters. The predicted molar refractivity (Wildman–Crippen MR) is 111 cm³/mol. The Hall–Kier alpha value is -3.02. The van der Waals surface area contributed by atoms with E-state index in [-0.39, 0.29) is 17.7 Å². The molecule has 148 valence electrons. The highest BCUT2D eigenvalue weighted by molar-refractivity contribution is 6.04. The minimum Gasteiger partial charge on any atom is -0.497 e. The van der Waals surface area contributed by atoms with Gasteiger partial charge in [0.25, 0.3) is 5.91 Å². The summed E-state index contributed by atoms with van der Waals surface area (Å²) >= 11 is 0. The van der Waals surface area contributed by atoms with Gasteiger partial charge in [0.1, 0.15) is 5.75 Å². The molecule has 1 aliphatic rings. The van der Waals surface area contributed by atoms with Crippen molar-refractivity contribution >= 4 is 23.2 Å². The van der Waals surface area contributed by atoms with E-state index in [0.29, 0.717) is 11.3 Å². The van der Waals surface area contributed by atoms with Crippen molar-refractivity contribution in [2.24, 2.45) is 5.92 Å². The third kappa shape index (κ3) is 4.63. The fraction of sp³-hybridized carbons (Fsp3) is 0.364. The van der Waals surface area contributed by atoms with Crippen molar-refractivity contribution in [2.45, 2.75) is 13.8 Å². The summed E-state index contributed by atoms with van der Waals surface area (Å²) in [5, 5.41) is 2.91. The quantitative estimate of drug-likeness (QED) is 0.864. The number of piperazine rings is 1. The number of benzene rings is 2. The van der Waals surface area contributed by atoms with Crippen molar-refractivity contribution in [3.63, 3.8) is 0 Å². The second kappa shape index (κ2) is 8.78. The zero-order chi connectivity index (χ0) is 20.1. The van der Waals surface area contributed by atoms with E-state index in [2.05, 4.69) is 10.2 Å². The lowest BCUT2D eigenvalue weighted by atomic mass is 10.1. The van der Waals surface area contributed by atoms with Gasteiger partial charge < -0.3 is 19.9 Å². The van der Waals surface area contributed by atoms with Gasteiger partial charge in [-0.25, -0.2) is 0 Å². The molecule has 0 spiro atoms. The molecule has 0 bridgehead atoms. The first-order valence-corrected chi connectivity index (χ1v) is 9.57. The van der Waals surface area contributed by atoms with Gasteiger partial charge in [-0.15, -0.1) is 0 Å². The van der Waals surface area contributed by atoms with E-state index in [4.69, 9.17) is 4.74 Å². The van der Waals surface area contributed by atoms with Crippen molar-refractivity contribution in [2.75, 3.05) is 43.5 Å². The molecule has 1 N–H and O–H groups in total. The Morgan fingerprint density at radius 1 is 1.00 bits per heavy atom. The van der Waals surface area contributed by atoms with Crippen molar-refractivity contribution in [3.8, 4) is 5.75 Å². The zero-order valence-electron chi connectivity index (χ0n) is 16.6. The Balaban J connectivity index is 1.58. The Labute approximate surface area is 166 Å². The number of amides is 2. The SMILES string of the molecule is COc1cccc(C(=O)Nc2ccc(N3CCN(C(=O)C(C)C)CC3)cc2)c1. The lowest BCUT2D eigenvalue weighted by Gasteiger charge is -2.37. The zero-order valence-corrected chi connectivity index (χ0v) is 16.6. The molecule has 28 heavy (non-hydrogen) atoms. The van der Waals surface area contributed by atoms with Crippen LogP contribution in [0.2, 0.25) is 0 Å². The number of carbonyl (C=O) groups is 2. The predicted octanol–water partition coefficient (Wildman–Crippen LogP) is 3.25. The number of rotatable bonds is 5. The highest BCUT2D eigenvalue weighted by atomic mass is 16.5. The molecule has 0 atom stereocenters. The van der Waals surface area contributed by atoms with Gasteiger partial charge in [-0.1, -0.05) is 19.9 Å². The van der Waals surface area contributed by atoms with E-state index in [0.717, 1.165) is 37.6 Å². The van der Waals surface area contributed by atoms with Gasteiger partial charge in [0.15, 0.2) is 0 Å². The van der Waals surface area contributed by atoms with Crippen LogP contribution in [0.15, 0.2) is 48.5 Å². The van der Waals surface area contributed by atoms with Gasteiger partial charge in [0.05, 0.1) is 7.11 Å². The third-order valence-corrected chi connectivity index (χ3v) is 4.91. The fourth-order valence-electron chi connectivity index (χ4n) is 3.27. The molecular weight excluding hydrogens is 354 g/mol. The van der Waals surface area contributed by atoms with Gasteiger partial charge in [-0.05, 0) is 42.5 Å². The standard InChI is InChI=1S/C22H27N3O3/c1-16(2)22(27)25-13-11-24(12-14-25)19-9-7-18(8-10-19)23-21(26)17-5-4-6-20(15-17)28-3/h4-10,15-16H,11-14H2,1-3H3,(H,23,26). The molecule has 0 radical (unpaired) electrons. The van der Waals surface area contributed by atoms with Crippen LogP contribution < -0.4 is 15.0 Å². The monoisotopic (exact) mass is 381 g/mol. The lowest BCUT2D eigenvalue weighted by molar-refractivity contribution is -0.134. The van der Waals surface area contributed by atoms with Gasteiger partial charge in [-0.2, -0.15) is 0 Å². The van der Waals surface area contributed by atoms with Crippen molar-refractivity contribution in [1.82, 2.24) is 4.90 Å². The maximum absolute atomic E-state index is 12.4. The number of hydrogen-bond acceptors (Lipinski definition) is 4. The fourth-order valence-corrected chi connectivity index (χ4v) is 3.27. The molecule has 1 heterocycles. The molecule has 0 saturated carbocycles. The first-order chi connectivity index (χ1) is 13.5. The summed E-state index contributed by atoms with van der Waals surface area (Å²) in [7, 11) is 1.58. The summed E-state index contributed by atoms with van der Waals surface area (Å²) in [5.41, 5.74) is 2.38. The molecule has 1 fully saturated rings. The highest BCUT2D eigenvalue weighted by Gasteiger charge is 2.22. The maximum Gasteiger partial charge on any atom is 0.255 e. The van der Waals surface area contributed by atoms with E-state index >= 15 is 0 Å². The number of nitrogens with zero attached hydrogens (tertiary/aromatic N) is 2. The molecule has 2 amide bonds. The van der Waals surface area contributed by atoms with E-state index in [1.54, 1.807) is 31.4 Å². The topological polar surface area (TPSA) is 61.9 Å². The van der Waals surface area contributed by atoms with Crippen LogP contribution in [0.4, 0.5) is 11.4 Å². The van der Waals surface area contributed by atoms with E-state index in [9.17, 15) is 9.59 Å². The average Bonchev–Trinajstić information content (AvgIpc) is 2.74. The summed E-state index contributed by atoms with van der Waals surface area (Å²) in [4.78, 5) is 28.7. The second-order valence-corrected chi connectivity index (χ2v) is 7.20. The molecular formula is C22H27N3O3. The van der Waals surface area contributed by atoms with Crippen LogP contribution in [-0.2, 0) is 4.79 Å². The average molecular weight is 381 g/mol. The Kier molecular flexibility index (Phi) is 6.19. The van der Waals surface area contributed by atoms with Crippen LogP contribution in [0.3, 0.4) is 0 Å². The van der Waals surface area contributed by atoms with Crippen LogP contribution >= 0.6 is 0 Å².